The number of benzene rings is 1. The third kappa shape index (κ3) is 3.43. The quantitative estimate of drug-likeness (QED) is 0.829. The van der Waals surface area contributed by atoms with Crippen molar-refractivity contribution in [2.45, 2.75) is 31.9 Å². The average molecular weight is 378 g/mol. The fourth-order valence-corrected chi connectivity index (χ4v) is 4.15. The summed E-state index contributed by atoms with van der Waals surface area (Å²) in [4.78, 5) is 0. The molecule has 1 aromatic rings. The second kappa shape index (κ2) is 6.04. The molecule has 0 radical (unpaired) electrons. The molecule has 2 aliphatic rings. The number of alkyl halides is 3. The van der Waals surface area contributed by atoms with Crippen LogP contribution in [0, 0.1) is 11.3 Å². The van der Waals surface area contributed by atoms with Gasteiger partial charge in [-0.15, -0.1) is 0 Å². The Labute approximate surface area is 136 Å². The molecule has 122 valence electrons. The topological polar surface area (TPSA) is 21.3 Å². The lowest BCUT2D eigenvalue weighted by atomic mass is 9.58. The highest BCUT2D eigenvalue weighted by atomic mass is 79.9. The largest absolute Gasteiger partial charge is 0.493 e. The molecular weight excluding hydrogens is 359 g/mol. The number of rotatable bonds is 3. The Bertz CT molecular complexity index is 533. The van der Waals surface area contributed by atoms with Gasteiger partial charge in [-0.05, 0) is 68.3 Å². The van der Waals surface area contributed by atoms with E-state index in [1.165, 1.54) is 18.9 Å². The Morgan fingerprint density at radius 3 is 2.55 bits per heavy atom. The molecule has 1 saturated heterocycles. The highest BCUT2D eigenvalue weighted by molar-refractivity contribution is 9.10. The lowest BCUT2D eigenvalue weighted by Crippen LogP contribution is -2.46. The number of hydrogen-bond acceptors (Lipinski definition) is 2. The Hall–Kier alpha value is -0.750. The van der Waals surface area contributed by atoms with Crippen LogP contribution in [0.1, 0.15) is 31.2 Å². The lowest BCUT2D eigenvalue weighted by Gasteiger charge is -2.50. The molecule has 0 bridgehead atoms. The molecule has 0 unspecified atom stereocenters. The maximum Gasteiger partial charge on any atom is 0.417 e. The van der Waals surface area contributed by atoms with E-state index < -0.39 is 11.7 Å². The predicted octanol–water partition coefficient (Wildman–Crippen LogP) is 4.63. The molecular formula is C16H19BrF3NO. The highest BCUT2D eigenvalue weighted by Gasteiger charge is 2.44. The molecule has 1 heterocycles. The maximum absolute atomic E-state index is 12.9. The molecule has 2 nitrogen and oxygen atoms in total. The summed E-state index contributed by atoms with van der Waals surface area (Å²) in [6, 6.07) is 4.05. The monoisotopic (exact) mass is 377 g/mol. The Morgan fingerprint density at radius 2 is 1.91 bits per heavy atom. The van der Waals surface area contributed by atoms with E-state index in [1.54, 1.807) is 6.07 Å². The van der Waals surface area contributed by atoms with Gasteiger partial charge in [0.05, 0.1) is 12.2 Å². The van der Waals surface area contributed by atoms with Crippen molar-refractivity contribution in [3.05, 3.63) is 28.2 Å². The van der Waals surface area contributed by atoms with E-state index in [0.717, 1.165) is 32.0 Å². The SMILES string of the molecule is FC(F)(F)c1cc(OCC2CC3(CCNCC3)C2)ccc1Br. The third-order valence-electron chi connectivity index (χ3n) is 4.84. The van der Waals surface area contributed by atoms with Crippen LogP contribution in [-0.2, 0) is 6.18 Å². The van der Waals surface area contributed by atoms with Crippen molar-refractivity contribution < 1.29 is 17.9 Å². The van der Waals surface area contributed by atoms with Crippen LogP contribution in [0.25, 0.3) is 0 Å². The fraction of sp³-hybridized carbons (Fsp3) is 0.625. The second-order valence-electron chi connectivity index (χ2n) is 6.47. The van der Waals surface area contributed by atoms with Gasteiger partial charge in [-0.2, -0.15) is 13.2 Å². The zero-order chi connectivity index (χ0) is 15.8. The van der Waals surface area contributed by atoms with Gasteiger partial charge in [-0.3, -0.25) is 0 Å². The van der Waals surface area contributed by atoms with Gasteiger partial charge >= 0.3 is 6.18 Å². The Kier molecular flexibility index (Phi) is 4.42. The van der Waals surface area contributed by atoms with Crippen molar-refractivity contribution >= 4 is 15.9 Å². The fourth-order valence-electron chi connectivity index (χ4n) is 3.67. The maximum atomic E-state index is 12.9. The van der Waals surface area contributed by atoms with E-state index in [0.29, 0.717) is 23.7 Å². The molecule has 1 aliphatic carbocycles. The zero-order valence-corrected chi connectivity index (χ0v) is 13.8. The average Bonchev–Trinajstić information content (AvgIpc) is 2.44. The van der Waals surface area contributed by atoms with Crippen LogP contribution in [0.3, 0.4) is 0 Å². The molecule has 0 amide bonds. The normalized spacial score (nSPS) is 21.6. The minimum Gasteiger partial charge on any atom is -0.493 e. The van der Waals surface area contributed by atoms with Crippen LogP contribution in [0.4, 0.5) is 13.2 Å². The molecule has 2 fully saturated rings. The molecule has 0 atom stereocenters. The van der Waals surface area contributed by atoms with E-state index in [-0.39, 0.29) is 4.47 Å². The summed E-state index contributed by atoms with van der Waals surface area (Å²) >= 11 is 2.94. The van der Waals surface area contributed by atoms with Gasteiger partial charge in [0.2, 0.25) is 0 Å². The molecule has 6 heteroatoms. The van der Waals surface area contributed by atoms with E-state index in [9.17, 15) is 13.2 Å². The molecule has 1 aromatic carbocycles. The highest BCUT2D eigenvalue weighted by Crippen LogP contribution is 2.51. The van der Waals surface area contributed by atoms with Crippen molar-refractivity contribution in [2.24, 2.45) is 11.3 Å². The summed E-state index contributed by atoms with van der Waals surface area (Å²) in [6.45, 7) is 2.67. The summed E-state index contributed by atoms with van der Waals surface area (Å²) in [5, 5.41) is 3.36. The molecule has 3 rings (SSSR count). The first-order valence-electron chi connectivity index (χ1n) is 7.58. The van der Waals surface area contributed by atoms with Gasteiger partial charge in [-0.25, -0.2) is 0 Å². The van der Waals surface area contributed by atoms with Gasteiger partial charge in [-0.1, -0.05) is 15.9 Å². The number of ether oxygens (including phenoxy) is 1. The number of nitrogens with one attached hydrogen (secondary N) is 1. The Morgan fingerprint density at radius 1 is 1.23 bits per heavy atom. The van der Waals surface area contributed by atoms with Crippen molar-refractivity contribution in [3.8, 4) is 5.75 Å². The van der Waals surface area contributed by atoms with Crippen LogP contribution >= 0.6 is 15.9 Å². The first-order valence-corrected chi connectivity index (χ1v) is 8.38. The van der Waals surface area contributed by atoms with Crippen molar-refractivity contribution in [1.29, 1.82) is 0 Å². The van der Waals surface area contributed by atoms with Crippen molar-refractivity contribution in [1.82, 2.24) is 5.32 Å². The van der Waals surface area contributed by atoms with Gasteiger partial charge in [0.25, 0.3) is 0 Å². The van der Waals surface area contributed by atoms with Crippen LogP contribution in [-0.4, -0.2) is 19.7 Å². The minimum atomic E-state index is -4.37. The number of hydrogen-bond donors (Lipinski definition) is 1. The first-order chi connectivity index (χ1) is 10.4. The van der Waals surface area contributed by atoms with E-state index >= 15 is 0 Å². The van der Waals surface area contributed by atoms with Crippen molar-refractivity contribution in [2.75, 3.05) is 19.7 Å². The Balaban J connectivity index is 1.55. The molecule has 0 aromatic heterocycles. The van der Waals surface area contributed by atoms with Gasteiger partial charge in [0.1, 0.15) is 5.75 Å². The number of piperidine rings is 1. The van der Waals surface area contributed by atoms with Gasteiger partial charge in [0.15, 0.2) is 0 Å². The molecule has 1 spiro atoms. The smallest absolute Gasteiger partial charge is 0.417 e. The second-order valence-corrected chi connectivity index (χ2v) is 7.33. The first kappa shape index (κ1) is 16.1. The van der Waals surface area contributed by atoms with E-state index in [2.05, 4.69) is 21.2 Å². The molecule has 1 aliphatic heterocycles. The van der Waals surface area contributed by atoms with Gasteiger partial charge in [0, 0.05) is 4.47 Å². The minimum absolute atomic E-state index is 0.0460. The predicted molar refractivity (Wildman–Crippen MR) is 81.9 cm³/mol. The van der Waals surface area contributed by atoms with Crippen LogP contribution in [0.15, 0.2) is 22.7 Å². The summed E-state index contributed by atoms with van der Waals surface area (Å²) < 4.78 is 44.2. The standard InChI is InChI=1S/C16H19BrF3NO/c17-14-2-1-12(7-13(14)16(18,19)20)22-10-11-8-15(9-11)3-5-21-6-4-15/h1-2,7,11,21H,3-6,8-10H2. The van der Waals surface area contributed by atoms with E-state index in [1.807, 2.05) is 0 Å². The zero-order valence-electron chi connectivity index (χ0n) is 12.2. The lowest BCUT2D eigenvalue weighted by molar-refractivity contribution is -0.138. The van der Waals surface area contributed by atoms with Crippen molar-refractivity contribution in [3.63, 3.8) is 0 Å². The molecule has 22 heavy (non-hydrogen) atoms. The molecule has 1 N–H and O–H groups in total. The molecule has 1 saturated carbocycles. The summed E-state index contributed by atoms with van der Waals surface area (Å²) in [5.74, 6) is 0.762. The summed E-state index contributed by atoms with van der Waals surface area (Å²) in [7, 11) is 0. The summed E-state index contributed by atoms with van der Waals surface area (Å²) in [5.41, 5.74) is -0.218. The van der Waals surface area contributed by atoms with Gasteiger partial charge < -0.3 is 10.1 Å². The van der Waals surface area contributed by atoms with Crippen LogP contribution in [0.2, 0.25) is 0 Å². The summed E-state index contributed by atoms with van der Waals surface area (Å²) in [6.07, 6.45) is 0.322. The van der Waals surface area contributed by atoms with Crippen LogP contribution < -0.4 is 10.1 Å². The van der Waals surface area contributed by atoms with Crippen LogP contribution in [0.5, 0.6) is 5.75 Å². The third-order valence-corrected chi connectivity index (χ3v) is 5.53. The number of halogens is 4. The van der Waals surface area contributed by atoms with E-state index in [4.69, 9.17) is 4.74 Å².